The summed E-state index contributed by atoms with van der Waals surface area (Å²) in [5.74, 6) is 1.65. The molecule has 0 fully saturated rings. The van der Waals surface area contributed by atoms with Gasteiger partial charge in [-0.2, -0.15) is 0 Å². The predicted molar refractivity (Wildman–Crippen MR) is 207 cm³/mol. The average molecular weight is 667 g/mol. The molecule has 0 saturated heterocycles. The van der Waals surface area contributed by atoms with Crippen molar-refractivity contribution in [1.29, 1.82) is 0 Å². The van der Waals surface area contributed by atoms with Gasteiger partial charge in [-0.3, -0.25) is 0 Å². The summed E-state index contributed by atoms with van der Waals surface area (Å²) in [5, 5.41) is 2.50. The van der Waals surface area contributed by atoms with Crippen molar-refractivity contribution in [1.82, 2.24) is 15.0 Å². The zero-order valence-electron chi connectivity index (χ0n) is 35.1. The van der Waals surface area contributed by atoms with Crippen LogP contribution in [0.1, 0.15) is 12.3 Å². The van der Waals surface area contributed by atoms with E-state index in [-0.39, 0.29) is 51.8 Å². The minimum absolute atomic E-state index is 0.0297. The first kappa shape index (κ1) is 20.8. The van der Waals surface area contributed by atoms with Crippen molar-refractivity contribution in [3.05, 3.63) is 164 Å². The molecule has 3 heterocycles. The van der Waals surface area contributed by atoms with Crippen LogP contribution in [-0.2, 0) is 0 Å². The lowest BCUT2D eigenvalue weighted by Gasteiger charge is -2.09. The SMILES string of the molecule is [2H]c1c([2H])c([2H])c(-c2cc(-c3ccc4sc5cc(-c6nc(-c7ccccc7)nc(-c7ccccc7)n6)ccc5c4c3)c3c(c2)oc2c([2H])c([2H])c([2H])c([2H])c23)c([2H])c1[2H]. The van der Waals surface area contributed by atoms with Gasteiger partial charge in [0.15, 0.2) is 17.5 Å². The lowest BCUT2D eigenvalue weighted by molar-refractivity contribution is 0.669. The predicted octanol–water partition coefficient (Wildman–Crippen LogP) is 12.5. The first-order chi connectivity index (χ1) is 28.5. The summed E-state index contributed by atoms with van der Waals surface area (Å²) in [7, 11) is 0. The monoisotopic (exact) mass is 666 g/mol. The Morgan fingerprint density at radius 1 is 0.440 bits per heavy atom. The first-order valence-corrected chi connectivity index (χ1v) is 16.7. The number of rotatable bonds is 5. The van der Waals surface area contributed by atoms with Crippen LogP contribution in [-0.4, -0.2) is 15.0 Å². The van der Waals surface area contributed by atoms with E-state index in [0.717, 1.165) is 36.9 Å². The fraction of sp³-hybridized carbons (Fsp3) is 0. The Hall–Kier alpha value is -6.43. The van der Waals surface area contributed by atoms with Crippen molar-refractivity contribution in [3.63, 3.8) is 0 Å². The summed E-state index contributed by atoms with van der Waals surface area (Å²) in [4.78, 5) is 14.6. The molecule has 5 heteroatoms. The van der Waals surface area contributed by atoms with E-state index in [1.54, 1.807) is 17.4 Å². The van der Waals surface area contributed by atoms with Gasteiger partial charge in [0.05, 0.1) is 12.3 Å². The maximum absolute atomic E-state index is 8.89. The molecule has 0 amide bonds. The Balaban J connectivity index is 1.18. The van der Waals surface area contributed by atoms with Crippen LogP contribution < -0.4 is 0 Å². The highest BCUT2D eigenvalue weighted by Crippen LogP contribution is 2.43. The third-order valence-electron chi connectivity index (χ3n) is 8.75. The number of hydrogen-bond acceptors (Lipinski definition) is 5. The van der Waals surface area contributed by atoms with Crippen LogP contribution in [0.4, 0.5) is 0 Å². The Morgan fingerprint density at radius 2 is 1.10 bits per heavy atom. The minimum Gasteiger partial charge on any atom is -0.456 e. The molecule has 0 saturated carbocycles. The second-order valence-electron chi connectivity index (χ2n) is 11.8. The molecule has 0 N–H and O–H groups in total. The average Bonchev–Trinajstić information content (AvgIpc) is 3.85. The number of fused-ring (bicyclic) bond motifs is 6. The Bertz CT molecular complexity index is 3300. The molecule has 10 aromatic rings. The van der Waals surface area contributed by atoms with E-state index in [1.165, 1.54) is 6.07 Å². The normalized spacial score (nSPS) is 14.1. The minimum atomic E-state index is -0.515. The summed E-state index contributed by atoms with van der Waals surface area (Å²) in [5.41, 5.74) is 4.14. The van der Waals surface area contributed by atoms with Crippen LogP contribution in [0.3, 0.4) is 0 Å². The molecule has 0 unspecified atom stereocenters. The molecule has 234 valence electrons. The molecular weight excluding hydrogens is 631 g/mol. The second-order valence-corrected chi connectivity index (χ2v) is 12.8. The van der Waals surface area contributed by atoms with Crippen molar-refractivity contribution in [3.8, 4) is 56.4 Å². The van der Waals surface area contributed by atoms with Crippen molar-refractivity contribution in [2.45, 2.75) is 0 Å². The molecule has 0 aliphatic rings. The van der Waals surface area contributed by atoms with E-state index >= 15 is 0 Å². The van der Waals surface area contributed by atoms with Crippen molar-refractivity contribution in [2.75, 3.05) is 0 Å². The molecule has 50 heavy (non-hydrogen) atoms. The van der Waals surface area contributed by atoms with Crippen LogP contribution in [0.15, 0.2) is 168 Å². The van der Waals surface area contributed by atoms with Crippen molar-refractivity contribution < 1.29 is 16.8 Å². The standard InChI is InChI=1S/C45H27N3OS/c1-4-12-28(13-5-1)33-25-36(42-35-18-10-11-19-38(35)49-39(42)26-33)31-21-23-40-37(24-31)34-22-20-32(27-41(34)50-40)45-47-43(29-14-6-2-7-15-29)46-44(48-45)30-16-8-3-9-17-30/h1-27H/i1D,4D,5D,10D,11D,12D,13D,18D,19D. The summed E-state index contributed by atoms with van der Waals surface area (Å²) < 4.78 is 84.7. The van der Waals surface area contributed by atoms with Crippen molar-refractivity contribution in [2.24, 2.45) is 0 Å². The highest BCUT2D eigenvalue weighted by atomic mass is 32.1. The molecular formula is C45H27N3OS. The van der Waals surface area contributed by atoms with Gasteiger partial charge in [0.1, 0.15) is 11.2 Å². The van der Waals surface area contributed by atoms with Gasteiger partial charge in [-0.1, -0.05) is 127 Å². The van der Waals surface area contributed by atoms with E-state index in [2.05, 4.69) is 6.07 Å². The van der Waals surface area contributed by atoms with Gasteiger partial charge in [0, 0.05) is 47.6 Å². The lowest BCUT2D eigenvalue weighted by atomic mass is 9.93. The zero-order chi connectivity index (χ0) is 40.9. The molecule has 0 atom stereocenters. The van der Waals surface area contributed by atoms with E-state index in [4.69, 9.17) is 31.7 Å². The van der Waals surface area contributed by atoms with E-state index in [1.807, 2.05) is 91.0 Å². The Morgan fingerprint density at radius 3 is 1.84 bits per heavy atom. The van der Waals surface area contributed by atoms with Gasteiger partial charge in [-0.05, 0) is 58.6 Å². The van der Waals surface area contributed by atoms with Gasteiger partial charge in [0.25, 0.3) is 0 Å². The van der Waals surface area contributed by atoms with Crippen LogP contribution >= 0.6 is 11.3 Å². The van der Waals surface area contributed by atoms with Gasteiger partial charge < -0.3 is 4.42 Å². The molecule has 0 aliphatic carbocycles. The lowest BCUT2D eigenvalue weighted by Crippen LogP contribution is -1.99. The summed E-state index contributed by atoms with van der Waals surface area (Å²) in [6, 6.07) is 31.1. The molecule has 0 bridgehead atoms. The first-order valence-electron chi connectivity index (χ1n) is 20.4. The van der Waals surface area contributed by atoms with Gasteiger partial charge in [0.2, 0.25) is 0 Å². The molecule has 0 radical (unpaired) electrons. The number of para-hydroxylation sites is 1. The third kappa shape index (κ3) is 4.87. The molecule has 4 nitrogen and oxygen atoms in total. The number of thiophene rings is 1. The topological polar surface area (TPSA) is 51.8 Å². The summed E-state index contributed by atoms with van der Waals surface area (Å²) >= 11 is 1.60. The summed E-state index contributed by atoms with van der Waals surface area (Å²) in [6.45, 7) is 0. The largest absolute Gasteiger partial charge is 0.456 e. The maximum Gasteiger partial charge on any atom is 0.164 e. The highest BCUT2D eigenvalue weighted by molar-refractivity contribution is 7.25. The summed E-state index contributed by atoms with van der Waals surface area (Å²) in [6.07, 6.45) is 0. The third-order valence-corrected chi connectivity index (χ3v) is 9.88. The molecule has 0 aliphatic heterocycles. The zero-order valence-corrected chi connectivity index (χ0v) is 26.9. The number of hydrogen-bond donors (Lipinski definition) is 0. The fourth-order valence-corrected chi connectivity index (χ4v) is 7.53. The van der Waals surface area contributed by atoms with Crippen LogP contribution in [0, 0.1) is 0 Å². The Labute approximate surface area is 304 Å². The molecule has 7 aromatic carbocycles. The molecule has 3 aromatic heterocycles. The molecule has 0 spiro atoms. The Kier molecular flexibility index (Phi) is 4.84. The van der Waals surface area contributed by atoms with Crippen LogP contribution in [0.2, 0.25) is 0 Å². The second kappa shape index (κ2) is 11.6. The van der Waals surface area contributed by atoms with Crippen LogP contribution in [0.5, 0.6) is 0 Å². The highest BCUT2D eigenvalue weighted by Gasteiger charge is 2.18. The van der Waals surface area contributed by atoms with Gasteiger partial charge in [-0.15, -0.1) is 11.3 Å². The van der Waals surface area contributed by atoms with E-state index in [9.17, 15) is 0 Å². The number of furan rings is 1. The van der Waals surface area contributed by atoms with Gasteiger partial charge >= 0.3 is 0 Å². The molecule has 10 rings (SSSR count). The fourth-order valence-electron chi connectivity index (χ4n) is 6.41. The number of nitrogens with zero attached hydrogens (tertiary/aromatic N) is 3. The van der Waals surface area contributed by atoms with Crippen LogP contribution in [0.25, 0.3) is 98.5 Å². The number of aromatic nitrogens is 3. The van der Waals surface area contributed by atoms with Gasteiger partial charge in [-0.25, -0.2) is 15.0 Å². The van der Waals surface area contributed by atoms with E-state index in [0.29, 0.717) is 34.0 Å². The number of benzene rings is 7. The van der Waals surface area contributed by atoms with E-state index < -0.39 is 30.2 Å². The van der Waals surface area contributed by atoms with Crippen molar-refractivity contribution >= 4 is 53.4 Å². The quantitative estimate of drug-likeness (QED) is 0.183. The maximum atomic E-state index is 8.89. The smallest absolute Gasteiger partial charge is 0.164 e.